The van der Waals surface area contributed by atoms with Gasteiger partial charge in [-0.3, -0.25) is 0 Å². The molecule has 0 saturated heterocycles. The summed E-state index contributed by atoms with van der Waals surface area (Å²) >= 11 is 11.7. The molecular formula is C14H10Cl2F2O. The van der Waals surface area contributed by atoms with Gasteiger partial charge in [-0.15, -0.1) is 11.6 Å². The summed E-state index contributed by atoms with van der Waals surface area (Å²) in [6, 6.07) is 8.38. The standard InChI is InChI=1S/C14H10Cl2F2O/c15-7-9-1-2-14(13(16)5-9)19-8-10-3-11(17)6-12(18)4-10/h1-6H,7-8H2. The first-order valence-electron chi connectivity index (χ1n) is 5.50. The summed E-state index contributed by atoms with van der Waals surface area (Å²) < 4.78 is 31.4. The van der Waals surface area contributed by atoms with E-state index in [9.17, 15) is 8.78 Å². The summed E-state index contributed by atoms with van der Waals surface area (Å²) in [5.41, 5.74) is 1.27. The van der Waals surface area contributed by atoms with Crippen LogP contribution in [0.15, 0.2) is 36.4 Å². The molecule has 0 bridgehead atoms. The molecule has 0 fully saturated rings. The third-order valence-electron chi connectivity index (χ3n) is 2.47. The van der Waals surface area contributed by atoms with Gasteiger partial charge in [0.15, 0.2) is 0 Å². The normalized spacial score (nSPS) is 10.5. The van der Waals surface area contributed by atoms with Crippen LogP contribution in [-0.4, -0.2) is 0 Å². The van der Waals surface area contributed by atoms with Crippen LogP contribution in [0.3, 0.4) is 0 Å². The number of hydrogen-bond acceptors (Lipinski definition) is 1. The minimum Gasteiger partial charge on any atom is -0.487 e. The van der Waals surface area contributed by atoms with Crippen LogP contribution in [0.25, 0.3) is 0 Å². The fraction of sp³-hybridized carbons (Fsp3) is 0.143. The third-order valence-corrected chi connectivity index (χ3v) is 3.07. The fourth-order valence-corrected chi connectivity index (χ4v) is 2.02. The van der Waals surface area contributed by atoms with Gasteiger partial charge in [0.05, 0.1) is 5.02 Å². The Bertz CT molecular complexity index is 567. The van der Waals surface area contributed by atoms with Crippen molar-refractivity contribution in [1.29, 1.82) is 0 Å². The number of ether oxygens (including phenoxy) is 1. The van der Waals surface area contributed by atoms with E-state index in [4.69, 9.17) is 27.9 Å². The Morgan fingerprint density at radius 2 is 1.63 bits per heavy atom. The van der Waals surface area contributed by atoms with Crippen LogP contribution in [0.2, 0.25) is 5.02 Å². The van der Waals surface area contributed by atoms with Gasteiger partial charge >= 0.3 is 0 Å². The van der Waals surface area contributed by atoms with Crippen LogP contribution in [0, 0.1) is 11.6 Å². The van der Waals surface area contributed by atoms with Crippen LogP contribution in [-0.2, 0) is 12.5 Å². The van der Waals surface area contributed by atoms with Crippen molar-refractivity contribution >= 4 is 23.2 Å². The monoisotopic (exact) mass is 302 g/mol. The molecule has 5 heteroatoms. The molecule has 19 heavy (non-hydrogen) atoms. The maximum absolute atomic E-state index is 13.0. The van der Waals surface area contributed by atoms with Gasteiger partial charge in [0.25, 0.3) is 0 Å². The van der Waals surface area contributed by atoms with Gasteiger partial charge in [-0.25, -0.2) is 8.78 Å². The molecule has 0 aliphatic heterocycles. The highest BCUT2D eigenvalue weighted by molar-refractivity contribution is 6.32. The van der Waals surface area contributed by atoms with E-state index >= 15 is 0 Å². The molecule has 2 aromatic rings. The molecule has 0 saturated carbocycles. The van der Waals surface area contributed by atoms with Gasteiger partial charge in [0, 0.05) is 11.9 Å². The molecule has 0 radical (unpaired) electrons. The number of halogens is 4. The molecule has 0 unspecified atom stereocenters. The molecule has 0 aliphatic carbocycles. The van der Waals surface area contributed by atoms with Crippen molar-refractivity contribution in [2.45, 2.75) is 12.5 Å². The maximum Gasteiger partial charge on any atom is 0.138 e. The minimum absolute atomic E-state index is 0.0363. The predicted octanol–water partition coefficient (Wildman–Crippen LogP) is 4.94. The summed E-state index contributed by atoms with van der Waals surface area (Å²) in [6.07, 6.45) is 0. The first kappa shape index (κ1) is 14.1. The highest BCUT2D eigenvalue weighted by Crippen LogP contribution is 2.27. The topological polar surface area (TPSA) is 9.23 Å². The average molecular weight is 303 g/mol. The zero-order chi connectivity index (χ0) is 13.8. The number of alkyl halides is 1. The van der Waals surface area contributed by atoms with Crippen LogP contribution >= 0.6 is 23.2 Å². The second-order valence-corrected chi connectivity index (χ2v) is 4.64. The van der Waals surface area contributed by atoms with Crippen molar-refractivity contribution in [3.8, 4) is 5.75 Å². The van der Waals surface area contributed by atoms with Gasteiger partial charge in [-0.2, -0.15) is 0 Å². The minimum atomic E-state index is -0.637. The van der Waals surface area contributed by atoms with E-state index in [2.05, 4.69) is 0 Å². The van der Waals surface area contributed by atoms with Crippen molar-refractivity contribution in [3.63, 3.8) is 0 Å². The fourth-order valence-electron chi connectivity index (χ4n) is 1.60. The van der Waals surface area contributed by atoms with Crippen LogP contribution < -0.4 is 4.74 Å². The summed E-state index contributed by atoms with van der Waals surface area (Å²) in [4.78, 5) is 0. The van der Waals surface area contributed by atoms with E-state index in [0.29, 0.717) is 22.2 Å². The molecule has 0 aromatic heterocycles. The van der Waals surface area contributed by atoms with Crippen LogP contribution in [0.5, 0.6) is 5.75 Å². The van der Waals surface area contributed by atoms with Crippen molar-refractivity contribution in [2.75, 3.05) is 0 Å². The van der Waals surface area contributed by atoms with Crippen LogP contribution in [0.1, 0.15) is 11.1 Å². The smallest absolute Gasteiger partial charge is 0.138 e. The van der Waals surface area contributed by atoms with E-state index in [1.807, 2.05) is 0 Å². The highest BCUT2D eigenvalue weighted by atomic mass is 35.5. The Morgan fingerprint density at radius 3 is 2.21 bits per heavy atom. The van der Waals surface area contributed by atoms with E-state index in [0.717, 1.165) is 11.6 Å². The Hall–Kier alpha value is -1.32. The van der Waals surface area contributed by atoms with Crippen molar-refractivity contribution in [2.24, 2.45) is 0 Å². The zero-order valence-corrected chi connectivity index (χ0v) is 11.3. The molecule has 2 aromatic carbocycles. The van der Waals surface area contributed by atoms with E-state index < -0.39 is 11.6 Å². The van der Waals surface area contributed by atoms with Gasteiger partial charge < -0.3 is 4.74 Å². The summed E-state index contributed by atoms with van der Waals surface area (Å²) in [6.45, 7) is 0.0363. The Balaban J connectivity index is 2.10. The summed E-state index contributed by atoms with van der Waals surface area (Å²) in [7, 11) is 0. The molecule has 2 rings (SSSR count). The van der Waals surface area contributed by atoms with Crippen LogP contribution in [0.4, 0.5) is 8.78 Å². The third kappa shape index (κ3) is 3.82. The number of hydrogen-bond donors (Lipinski definition) is 0. The lowest BCUT2D eigenvalue weighted by atomic mass is 10.2. The highest BCUT2D eigenvalue weighted by Gasteiger charge is 2.05. The number of rotatable bonds is 4. The molecule has 0 aliphatic rings. The SMILES string of the molecule is Fc1cc(F)cc(COc2ccc(CCl)cc2Cl)c1. The Morgan fingerprint density at radius 1 is 0.947 bits per heavy atom. The predicted molar refractivity (Wildman–Crippen MR) is 71.7 cm³/mol. The zero-order valence-electron chi connectivity index (χ0n) is 9.80. The van der Waals surface area contributed by atoms with E-state index in [-0.39, 0.29) is 6.61 Å². The van der Waals surface area contributed by atoms with E-state index in [1.54, 1.807) is 18.2 Å². The molecule has 100 valence electrons. The largest absolute Gasteiger partial charge is 0.487 e. The summed E-state index contributed by atoms with van der Waals surface area (Å²) in [5, 5.41) is 0.412. The first-order valence-corrected chi connectivity index (χ1v) is 6.42. The molecule has 0 atom stereocenters. The van der Waals surface area contributed by atoms with Gasteiger partial charge in [0.2, 0.25) is 0 Å². The van der Waals surface area contributed by atoms with Gasteiger partial charge in [0.1, 0.15) is 24.0 Å². The Kier molecular flexibility index (Phi) is 4.61. The molecule has 0 N–H and O–H groups in total. The average Bonchev–Trinajstić information content (AvgIpc) is 2.36. The second-order valence-electron chi connectivity index (χ2n) is 3.96. The molecular weight excluding hydrogens is 293 g/mol. The number of benzene rings is 2. The Labute approximate surface area is 119 Å². The van der Waals surface area contributed by atoms with E-state index in [1.165, 1.54) is 12.1 Å². The molecule has 0 amide bonds. The van der Waals surface area contributed by atoms with Crippen molar-refractivity contribution < 1.29 is 13.5 Å². The lowest BCUT2D eigenvalue weighted by Crippen LogP contribution is -1.98. The van der Waals surface area contributed by atoms with Crippen molar-refractivity contribution in [3.05, 3.63) is 64.2 Å². The lowest BCUT2D eigenvalue weighted by Gasteiger charge is -2.09. The quantitative estimate of drug-likeness (QED) is 0.727. The maximum atomic E-state index is 13.0. The first-order chi connectivity index (χ1) is 9.08. The molecule has 0 spiro atoms. The van der Waals surface area contributed by atoms with Gasteiger partial charge in [-0.05, 0) is 35.4 Å². The summed E-state index contributed by atoms with van der Waals surface area (Å²) in [5.74, 6) is -0.473. The molecule has 0 heterocycles. The molecule has 1 nitrogen and oxygen atoms in total. The van der Waals surface area contributed by atoms with Crippen molar-refractivity contribution in [1.82, 2.24) is 0 Å². The lowest BCUT2D eigenvalue weighted by molar-refractivity contribution is 0.305. The second kappa shape index (κ2) is 6.22. The van der Waals surface area contributed by atoms with Gasteiger partial charge in [-0.1, -0.05) is 17.7 Å².